The molecular formula is C16H17NO4. The Kier molecular flexibility index (Phi) is 4.12. The Morgan fingerprint density at radius 2 is 1.90 bits per heavy atom. The van der Waals surface area contributed by atoms with E-state index in [9.17, 15) is 9.59 Å². The van der Waals surface area contributed by atoms with Crippen LogP contribution in [0.4, 0.5) is 0 Å². The van der Waals surface area contributed by atoms with Crippen LogP contribution in [-0.4, -0.2) is 28.0 Å². The molecule has 0 saturated heterocycles. The zero-order valence-corrected chi connectivity index (χ0v) is 12.2. The SMILES string of the molecule is Cc1cc(C=O)c(C)n1-c1ccc(OC(C)C(=O)O)cc1. The number of ether oxygens (including phenoxy) is 1. The molecule has 1 N–H and O–H groups in total. The van der Waals surface area contributed by atoms with Gasteiger partial charge in [0.25, 0.3) is 0 Å². The Bertz CT molecular complexity index is 670. The van der Waals surface area contributed by atoms with Gasteiger partial charge >= 0.3 is 5.97 Å². The Hall–Kier alpha value is -2.56. The highest BCUT2D eigenvalue weighted by molar-refractivity contribution is 5.77. The first kappa shape index (κ1) is 14.8. The van der Waals surface area contributed by atoms with Crippen molar-refractivity contribution in [3.05, 3.63) is 47.3 Å². The highest BCUT2D eigenvalue weighted by atomic mass is 16.5. The van der Waals surface area contributed by atoms with Crippen molar-refractivity contribution in [1.82, 2.24) is 4.57 Å². The van der Waals surface area contributed by atoms with Gasteiger partial charge in [-0.2, -0.15) is 0 Å². The molecule has 2 aromatic rings. The third-order valence-electron chi connectivity index (χ3n) is 3.35. The van der Waals surface area contributed by atoms with Crippen LogP contribution in [0.15, 0.2) is 30.3 Å². The minimum atomic E-state index is -1.01. The molecule has 5 nitrogen and oxygen atoms in total. The predicted molar refractivity (Wildman–Crippen MR) is 78.4 cm³/mol. The molecule has 0 aliphatic carbocycles. The lowest BCUT2D eigenvalue weighted by molar-refractivity contribution is -0.144. The van der Waals surface area contributed by atoms with Crippen molar-refractivity contribution in [1.29, 1.82) is 0 Å². The molecule has 0 bridgehead atoms. The minimum Gasteiger partial charge on any atom is -0.479 e. The van der Waals surface area contributed by atoms with Crippen LogP contribution in [0.1, 0.15) is 28.7 Å². The second kappa shape index (κ2) is 5.83. The van der Waals surface area contributed by atoms with Crippen molar-refractivity contribution < 1.29 is 19.4 Å². The van der Waals surface area contributed by atoms with Gasteiger partial charge in [-0.05, 0) is 51.1 Å². The lowest BCUT2D eigenvalue weighted by Gasteiger charge is -2.13. The van der Waals surface area contributed by atoms with Crippen molar-refractivity contribution in [2.45, 2.75) is 26.9 Å². The molecule has 1 heterocycles. The summed E-state index contributed by atoms with van der Waals surface area (Å²) in [5, 5.41) is 8.82. The number of carbonyl (C=O) groups is 2. The first-order valence-corrected chi connectivity index (χ1v) is 6.58. The Balaban J connectivity index is 2.29. The number of aryl methyl sites for hydroxylation is 1. The summed E-state index contributed by atoms with van der Waals surface area (Å²) in [6.45, 7) is 5.29. The number of carboxylic acids is 1. The zero-order valence-electron chi connectivity index (χ0n) is 12.2. The summed E-state index contributed by atoms with van der Waals surface area (Å²) in [6.07, 6.45) is -0.0576. The van der Waals surface area contributed by atoms with Gasteiger partial charge in [-0.1, -0.05) is 0 Å². The number of benzene rings is 1. The molecule has 0 radical (unpaired) electrons. The van der Waals surface area contributed by atoms with E-state index < -0.39 is 12.1 Å². The van der Waals surface area contributed by atoms with E-state index in [0.717, 1.165) is 23.4 Å². The second-order valence-electron chi connectivity index (χ2n) is 4.87. The summed E-state index contributed by atoms with van der Waals surface area (Å²) in [7, 11) is 0. The molecule has 0 fully saturated rings. The van der Waals surface area contributed by atoms with Crippen LogP contribution < -0.4 is 4.74 Å². The van der Waals surface area contributed by atoms with Crippen molar-refractivity contribution >= 4 is 12.3 Å². The van der Waals surface area contributed by atoms with E-state index in [0.29, 0.717) is 11.3 Å². The number of carboxylic acid groups (broad SMARTS) is 1. The summed E-state index contributed by atoms with van der Waals surface area (Å²) in [5.74, 6) is -0.515. The second-order valence-corrected chi connectivity index (χ2v) is 4.87. The fourth-order valence-electron chi connectivity index (χ4n) is 2.23. The minimum absolute atomic E-state index is 0.492. The quantitative estimate of drug-likeness (QED) is 0.859. The first-order chi connectivity index (χ1) is 9.93. The molecular weight excluding hydrogens is 270 g/mol. The summed E-state index contributed by atoms with van der Waals surface area (Å²) >= 11 is 0. The number of hydrogen-bond acceptors (Lipinski definition) is 3. The lowest BCUT2D eigenvalue weighted by atomic mass is 10.2. The Morgan fingerprint density at radius 1 is 1.29 bits per heavy atom. The molecule has 1 aromatic heterocycles. The Labute approximate surface area is 122 Å². The largest absolute Gasteiger partial charge is 0.479 e. The van der Waals surface area contributed by atoms with Gasteiger partial charge in [0.2, 0.25) is 0 Å². The van der Waals surface area contributed by atoms with E-state index in [4.69, 9.17) is 9.84 Å². The monoisotopic (exact) mass is 287 g/mol. The molecule has 0 aliphatic heterocycles. The van der Waals surface area contributed by atoms with Gasteiger partial charge in [-0.15, -0.1) is 0 Å². The normalized spacial score (nSPS) is 12.0. The van der Waals surface area contributed by atoms with Crippen molar-refractivity contribution in [2.24, 2.45) is 0 Å². The van der Waals surface area contributed by atoms with Crippen molar-refractivity contribution in [3.63, 3.8) is 0 Å². The van der Waals surface area contributed by atoms with E-state index >= 15 is 0 Å². The van der Waals surface area contributed by atoms with E-state index in [1.54, 1.807) is 12.1 Å². The van der Waals surface area contributed by atoms with Crippen LogP contribution in [-0.2, 0) is 4.79 Å². The van der Waals surface area contributed by atoms with Gasteiger partial charge in [0.15, 0.2) is 12.4 Å². The van der Waals surface area contributed by atoms with Gasteiger partial charge in [0.05, 0.1) is 0 Å². The summed E-state index contributed by atoms with van der Waals surface area (Å²) in [6, 6.07) is 8.93. The highest BCUT2D eigenvalue weighted by Gasteiger charge is 2.13. The van der Waals surface area contributed by atoms with E-state index in [1.165, 1.54) is 6.92 Å². The third-order valence-corrected chi connectivity index (χ3v) is 3.35. The number of hydrogen-bond donors (Lipinski definition) is 1. The molecule has 1 unspecified atom stereocenters. The van der Waals surface area contributed by atoms with Crippen molar-refractivity contribution in [3.8, 4) is 11.4 Å². The van der Waals surface area contributed by atoms with Crippen LogP contribution in [0.2, 0.25) is 0 Å². The molecule has 0 saturated carbocycles. The summed E-state index contributed by atoms with van der Waals surface area (Å²) in [5.41, 5.74) is 3.39. The number of aldehydes is 1. The maximum Gasteiger partial charge on any atom is 0.344 e. The summed E-state index contributed by atoms with van der Waals surface area (Å²) < 4.78 is 7.25. The van der Waals surface area contributed by atoms with Crippen LogP contribution in [0.25, 0.3) is 5.69 Å². The first-order valence-electron chi connectivity index (χ1n) is 6.58. The topological polar surface area (TPSA) is 68.5 Å². The fraction of sp³-hybridized carbons (Fsp3) is 0.250. The molecule has 21 heavy (non-hydrogen) atoms. The molecule has 110 valence electrons. The standard InChI is InChI=1S/C16H17NO4/c1-10-8-13(9-18)11(2)17(10)14-4-6-15(7-5-14)21-12(3)16(19)20/h4-9,12H,1-3H3,(H,19,20). The number of nitrogens with zero attached hydrogens (tertiary/aromatic N) is 1. The molecule has 0 aliphatic rings. The average molecular weight is 287 g/mol. The predicted octanol–water partition coefficient (Wildman–Crippen LogP) is 2.76. The van der Waals surface area contributed by atoms with Gasteiger partial charge in [-0.25, -0.2) is 4.79 Å². The number of carbonyl (C=O) groups excluding carboxylic acids is 1. The van der Waals surface area contributed by atoms with Gasteiger partial charge < -0.3 is 14.4 Å². The van der Waals surface area contributed by atoms with E-state index in [1.807, 2.05) is 36.6 Å². The van der Waals surface area contributed by atoms with Gasteiger partial charge in [-0.3, -0.25) is 4.79 Å². The van der Waals surface area contributed by atoms with Crippen LogP contribution >= 0.6 is 0 Å². The van der Waals surface area contributed by atoms with Crippen LogP contribution in [0.3, 0.4) is 0 Å². The van der Waals surface area contributed by atoms with E-state index in [-0.39, 0.29) is 0 Å². The molecule has 0 amide bonds. The van der Waals surface area contributed by atoms with Crippen LogP contribution in [0.5, 0.6) is 5.75 Å². The van der Waals surface area contributed by atoms with E-state index in [2.05, 4.69) is 0 Å². The fourth-order valence-corrected chi connectivity index (χ4v) is 2.23. The molecule has 1 aromatic carbocycles. The highest BCUT2D eigenvalue weighted by Crippen LogP contribution is 2.22. The molecule has 1 atom stereocenters. The molecule has 0 spiro atoms. The lowest BCUT2D eigenvalue weighted by Crippen LogP contribution is -2.22. The Morgan fingerprint density at radius 3 is 2.38 bits per heavy atom. The molecule has 2 rings (SSSR count). The number of aromatic nitrogens is 1. The summed E-state index contributed by atoms with van der Waals surface area (Å²) in [4.78, 5) is 21.7. The zero-order chi connectivity index (χ0) is 15.6. The smallest absolute Gasteiger partial charge is 0.344 e. The third kappa shape index (κ3) is 2.97. The maximum atomic E-state index is 11.0. The number of rotatable bonds is 5. The van der Waals surface area contributed by atoms with Gasteiger partial charge in [0.1, 0.15) is 5.75 Å². The average Bonchev–Trinajstić information content (AvgIpc) is 2.74. The molecule has 5 heteroatoms. The van der Waals surface area contributed by atoms with Crippen molar-refractivity contribution in [2.75, 3.05) is 0 Å². The van der Waals surface area contributed by atoms with Gasteiger partial charge in [0, 0.05) is 22.6 Å². The number of aliphatic carboxylic acids is 1. The van der Waals surface area contributed by atoms with Crippen LogP contribution in [0, 0.1) is 13.8 Å². The maximum absolute atomic E-state index is 11.0.